The first-order valence-corrected chi connectivity index (χ1v) is 4.58. The standard InChI is InChI=1S/C10H12N2O3/c1-3-5-7(4-2)12-9(14)6-8(13)11-10(12)15/h1,6-7,14H,4-5H2,2H3,(H,11,13,15). The summed E-state index contributed by atoms with van der Waals surface area (Å²) in [4.78, 5) is 24.4. The molecule has 0 aromatic carbocycles. The van der Waals surface area contributed by atoms with Crippen LogP contribution in [0.4, 0.5) is 0 Å². The minimum Gasteiger partial charge on any atom is -0.494 e. The maximum absolute atomic E-state index is 11.4. The van der Waals surface area contributed by atoms with Crippen LogP contribution < -0.4 is 11.2 Å². The first kappa shape index (κ1) is 11.1. The Morgan fingerprint density at radius 2 is 2.33 bits per heavy atom. The second-order valence-corrected chi connectivity index (χ2v) is 3.14. The van der Waals surface area contributed by atoms with Gasteiger partial charge in [0.25, 0.3) is 5.56 Å². The summed E-state index contributed by atoms with van der Waals surface area (Å²) in [5, 5.41) is 9.47. The molecule has 80 valence electrons. The predicted octanol–water partition coefficient (Wildman–Crippen LogP) is 0.217. The van der Waals surface area contributed by atoms with Crippen LogP contribution >= 0.6 is 0 Å². The van der Waals surface area contributed by atoms with Crippen molar-refractivity contribution < 1.29 is 5.11 Å². The molecule has 0 amide bonds. The molecule has 1 unspecified atom stereocenters. The summed E-state index contributed by atoms with van der Waals surface area (Å²) in [6.45, 7) is 1.85. The van der Waals surface area contributed by atoms with E-state index in [9.17, 15) is 14.7 Å². The SMILES string of the molecule is C#CCC(CC)n1c(O)cc(=O)[nH]c1=O. The van der Waals surface area contributed by atoms with Crippen LogP contribution in [0.2, 0.25) is 0 Å². The molecule has 1 aromatic rings. The van der Waals surface area contributed by atoms with Crippen molar-refractivity contribution in [2.45, 2.75) is 25.8 Å². The van der Waals surface area contributed by atoms with E-state index in [-0.39, 0.29) is 11.9 Å². The van der Waals surface area contributed by atoms with E-state index >= 15 is 0 Å². The smallest absolute Gasteiger partial charge is 0.331 e. The highest BCUT2D eigenvalue weighted by Gasteiger charge is 2.13. The van der Waals surface area contributed by atoms with Gasteiger partial charge in [-0.15, -0.1) is 12.3 Å². The average Bonchev–Trinajstić information content (AvgIpc) is 2.14. The lowest BCUT2D eigenvalue weighted by molar-refractivity contribution is 0.357. The lowest BCUT2D eigenvalue weighted by Crippen LogP contribution is -2.31. The zero-order valence-electron chi connectivity index (χ0n) is 8.36. The van der Waals surface area contributed by atoms with Crippen molar-refractivity contribution >= 4 is 0 Å². The summed E-state index contributed by atoms with van der Waals surface area (Å²) in [5.41, 5.74) is -1.26. The van der Waals surface area contributed by atoms with Crippen LogP contribution in [0.1, 0.15) is 25.8 Å². The number of rotatable bonds is 3. The van der Waals surface area contributed by atoms with E-state index in [0.717, 1.165) is 10.6 Å². The van der Waals surface area contributed by atoms with E-state index in [1.54, 1.807) is 0 Å². The van der Waals surface area contributed by atoms with E-state index in [2.05, 4.69) is 10.9 Å². The number of H-pyrrole nitrogens is 1. The van der Waals surface area contributed by atoms with Crippen LogP contribution in [-0.2, 0) is 0 Å². The van der Waals surface area contributed by atoms with Gasteiger partial charge in [-0.05, 0) is 6.42 Å². The third kappa shape index (κ3) is 2.29. The first-order chi connectivity index (χ1) is 7.10. The number of aromatic nitrogens is 2. The fourth-order valence-corrected chi connectivity index (χ4v) is 1.40. The fourth-order valence-electron chi connectivity index (χ4n) is 1.40. The van der Waals surface area contributed by atoms with Crippen LogP contribution in [0.25, 0.3) is 0 Å². The zero-order chi connectivity index (χ0) is 11.4. The van der Waals surface area contributed by atoms with Crippen molar-refractivity contribution in [2.75, 3.05) is 0 Å². The Bertz CT molecular complexity index is 493. The monoisotopic (exact) mass is 208 g/mol. The van der Waals surface area contributed by atoms with Crippen LogP contribution in [0.5, 0.6) is 5.88 Å². The highest BCUT2D eigenvalue weighted by molar-refractivity contribution is 5.08. The molecule has 1 aromatic heterocycles. The van der Waals surface area contributed by atoms with Gasteiger partial charge in [0.1, 0.15) is 0 Å². The fraction of sp³-hybridized carbons (Fsp3) is 0.400. The number of aromatic hydroxyl groups is 1. The molecule has 5 nitrogen and oxygen atoms in total. The van der Waals surface area contributed by atoms with Gasteiger partial charge in [-0.2, -0.15) is 0 Å². The summed E-state index contributed by atoms with van der Waals surface area (Å²) in [7, 11) is 0. The molecular formula is C10H12N2O3. The Labute approximate surface area is 86.4 Å². The number of nitrogens with one attached hydrogen (secondary N) is 1. The molecular weight excluding hydrogens is 196 g/mol. The quantitative estimate of drug-likeness (QED) is 0.697. The molecule has 1 rings (SSSR count). The molecule has 0 aliphatic carbocycles. The number of aromatic amines is 1. The van der Waals surface area contributed by atoms with E-state index in [4.69, 9.17) is 6.42 Å². The second-order valence-electron chi connectivity index (χ2n) is 3.14. The number of nitrogens with zero attached hydrogens (tertiary/aromatic N) is 1. The third-order valence-corrected chi connectivity index (χ3v) is 2.15. The van der Waals surface area contributed by atoms with Crippen molar-refractivity contribution in [1.29, 1.82) is 0 Å². The molecule has 0 aliphatic rings. The largest absolute Gasteiger partial charge is 0.494 e. The van der Waals surface area contributed by atoms with Crippen LogP contribution in [0.3, 0.4) is 0 Å². The maximum Gasteiger partial charge on any atom is 0.331 e. The van der Waals surface area contributed by atoms with Gasteiger partial charge in [0.05, 0.1) is 12.1 Å². The molecule has 5 heteroatoms. The van der Waals surface area contributed by atoms with E-state index in [0.29, 0.717) is 12.8 Å². The predicted molar refractivity (Wildman–Crippen MR) is 55.8 cm³/mol. The Balaban J connectivity index is 3.30. The van der Waals surface area contributed by atoms with Gasteiger partial charge < -0.3 is 5.11 Å². The van der Waals surface area contributed by atoms with E-state index < -0.39 is 11.2 Å². The van der Waals surface area contributed by atoms with Crippen molar-refractivity contribution in [3.8, 4) is 18.2 Å². The normalized spacial score (nSPS) is 12.0. The minimum absolute atomic E-state index is 0.292. The highest BCUT2D eigenvalue weighted by atomic mass is 16.3. The number of hydrogen-bond acceptors (Lipinski definition) is 3. The third-order valence-electron chi connectivity index (χ3n) is 2.15. The Hall–Kier alpha value is -1.96. The Morgan fingerprint density at radius 3 is 2.80 bits per heavy atom. The summed E-state index contributed by atoms with van der Waals surface area (Å²) in [6.07, 6.45) is 6.08. The molecule has 0 radical (unpaired) electrons. The lowest BCUT2D eigenvalue weighted by atomic mass is 10.1. The van der Waals surface area contributed by atoms with Crippen LogP contribution in [0.15, 0.2) is 15.7 Å². The van der Waals surface area contributed by atoms with Crippen molar-refractivity contribution in [2.24, 2.45) is 0 Å². The van der Waals surface area contributed by atoms with Gasteiger partial charge in [0.15, 0.2) is 0 Å². The topological polar surface area (TPSA) is 75.1 Å². The first-order valence-electron chi connectivity index (χ1n) is 4.58. The molecule has 0 fully saturated rings. The van der Waals surface area contributed by atoms with Crippen molar-refractivity contribution in [3.05, 3.63) is 26.9 Å². The van der Waals surface area contributed by atoms with Gasteiger partial charge in [0.2, 0.25) is 5.88 Å². The molecule has 0 saturated heterocycles. The van der Waals surface area contributed by atoms with Crippen molar-refractivity contribution in [1.82, 2.24) is 9.55 Å². The number of terminal acetylenes is 1. The Morgan fingerprint density at radius 1 is 1.67 bits per heavy atom. The minimum atomic E-state index is -0.637. The summed E-state index contributed by atoms with van der Waals surface area (Å²) < 4.78 is 1.10. The number of hydrogen-bond donors (Lipinski definition) is 2. The van der Waals surface area contributed by atoms with Gasteiger partial charge in [-0.1, -0.05) is 6.92 Å². The molecule has 1 atom stereocenters. The second kappa shape index (κ2) is 4.51. The molecule has 15 heavy (non-hydrogen) atoms. The van der Waals surface area contributed by atoms with Crippen LogP contribution in [0, 0.1) is 12.3 Å². The van der Waals surface area contributed by atoms with Gasteiger partial charge in [-0.3, -0.25) is 14.3 Å². The maximum atomic E-state index is 11.4. The lowest BCUT2D eigenvalue weighted by Gasteiger charge is -2.15. The highest BCUT2D eigenvalue weighted by Crippen LogP contribution is 2.17. The molecule has 0 saturated carbocycles. The van der Waals surface area contributed by atoms with Gasteiger partial charge in [0, 0.05) is 6.42 Å². The molecule has 2 N–H and O–H groups in total. The van der Waals surface area contributed by atoms with Gasteiger partial charge in [-0.25, -0.2) is 4.79 Å². The van der Waals surface area contributed by atoms with Gasteiger partial charge >= 0.3 is 5.69 Å². The zero-order valence-corrected chi connectivity index (χ0v) is 8.36. The summed E-state index contributed by atoms with van der Waals surface area (Å²) in [5.74, 6) is 2.07. The van der Waals surface area contributed by atoms with Crippen molar-refractivity contribution in [3.63, 3.8) is 0 Å². The van der Waals surface area contributed by atoms with E-state index in [1.165, 1.54) is 0 Å². The summed E-state index contributed by atoms with van der Waals surface area (Å²) in [6, 6.07) is 0.667. The Kier molecular flexibility index (Phi) is 3.34. The average molecular weight is 208 g/mol. The summed E-state index contributed by atoms with van der Waals surface area (Å²) >= 11 is 0. The molecule has 0 bridgehead atoms. The molecule has 0 spiro atoms. The molecule has 1 heterocycles. The molecule has 0 aliphatic heterocycles. The van der Waals surface area contributed by atoms with Crippen LogP contribution in [-0.4, -0.2) is 14.7 Å². The van der Waals surface area contributed by atoms with E-state index in [1.807, 2.05) is 6.92 Å².